The van der Waals surface area contributed by atoms with Gasteiger partial charge in [-0.3, -0.25) is 0 Å². The highest BCUT2D eigenvalue weighted by Gasteiger charge is 2.12. The van der Waals surface area contributed by atoms with E-state index in [2.05, 4.69) is 5.32 Å². The van der Waals surface area contributed by atoms with Gasteiger partial charge in [-0.2, -0.15) is 0 Å². The molecule has 0 saturated heterocycles. The van der Waals surface area contributed by atoms with E-state index < -0.39 is 0 Å². The van der Waals surface area contributed by atoms with Crippen LogP contribution in [0.4, 0.5) is 0 Å². The summed E-state index contributed by atoms with van der Waals surface area (Å²) in [6.45, 7) is 6.59. The third kappa shape index (κ3) is 6.95. The van der Waals surface area contributed by atoms with Crippen LogP contribution in [0.15, 0.2) is 36.4 Å². The molecule has 0 aliphatic rings. The van der Waals surface area contributed by atoms with Crippen molar-refractivity contribution in [3.8, 4) is 11.5 Å². The Balaban J connectivity index is 0.00000312. The zero-order valence-corrected chi connectivity index (χ0v) is 16.8. The summed E-state index contributed by atoms with van der Waals surface area (Å²) in [5, 5.41) is 4.77. The van der Waals surface area contributed by atoms with Gasteiger partial charge in [0.2, 0.25) is 0 Å². The minimum atomic E-state index is 0. The smallest absolute Gasteiger partial charge is 0.179 e. The molecule has 0 spiro atoms. The first kappa shape index (κ1) is 21.9. The highest BCUT2D eigenvalue weighted by molar-refractivity contribution is 6.32. The van der Waals surface area contributed by atoms with Gasteiger partial charge in [0.25, 0.3) is 0 Å². The fourth-order valence-corrected chi connectivity index (χ4v) is 2.80. The van der Waals surface area contributed by atoms with Crippen molar-refractivity contribution in [2.45, 2.75) is 26.8 Å². The van der Waals surface area contributed by atoms with Crippen LogP contribution in [-0.4, -0.2) is 19.8 Å². The SMILES string of the molecule is CCOc1cc(CNCCc2ccc(Cl)cc2)cc(Cl)c1OCC.Cl. The zero-order chi connectivity index (χ0) is 17.4. The van der Waals surface area contributed by atoms with E-state index >= 15 is 0 Å². The van der Waals surface area contributed by atoms with Crippen LogP contribution in [0, 0.1) is 0 Å². The molecule has 0 unspecified atom stereocenters. The minimum absolute atomic E-state index is 0. The molecule has 2 aromatic rings. The van der Waals surface area contributed by atoms with Gasteiger partial charge in [-0.05, 0) is 62.2 Å². The normalized spacial score (nSPS) is 10.2. The summed E-state index contributed by atoms with van der Waals surface area (Å²) in [4.78, 5) is 0. The van der Waals surface area contributed by atoms with Crippen molar-refractivity contribution in [3.63, 3.8) is 0 Å². The molecular weight excluding hydrogens is 381 g/mol. The van der Waals surface area contributed by atoms with Gasteiger partial charge in [0.05, 0.1) is 18.2 Å². The van der Waals surface area contributed by atoms with Crippen LogP contribution >= 0.6 is 35.6 Å². The number of halogens is 3. The van der Waals surface area contributed by atoms with Gasteiger partial charge in [-0.1, -0.05) is 35.3 Å². The molecule has 6 heteroatoms. The van der Waals surface area contributed by atoms with Crippen molar-refractivity contribution in [2.24, 2.45) is 0 Å². The maximum atomic E-state index is 6.33. The van der Waals surface area contributed by atoms with Crippen molar-refractivity contribution in [1.29, 1.82) is 0 Å². The third-order valence-corrected chi connectivity index (χ3v) is 4.02. The minimum Gasteiger partial charge on any atom is -0.490 e. The summed E-state index contributed by atoms with van der Waals surface area (Å²) >= 11 is 12.2. The van der Waals surface area contributed by atoms with E-state index in [9.17, 15) is 0 Å². The highest BCUT2D eigenvalue weighted by atomic mass is 35.5. The first-order valence-corrected chi connectivity index (χ1v) is 8.92. The van der Waals surface area contributed by atoms with Crippen LogP contribution < -0.4 is 14.8 Å². The highest BCUT2D eigenvalue weighted by Crippen LogP contribution is 2.36. The predicted octanol–water partition coefficient (Wildman–Crippen LogP) is 5.54. The van der Waals surface area contributed by atoms with Crippen LogP contribution in [0.25, 0.3) is 0 Å². The monoisotopic (exact) mass is 403 g/mol. The molecule has 25 heavy (non-hydrogen) atoms. The summed E-state index contributed by atoms with van der Waals surface area (Å²) in [5.74, 6) is 1.31. The summed E-state index contributed by atoms with van der Waals surface area (Å²) in [7, 11) is 0. The van der Waals surface area contributed by atoms with E-state index in [1.54, 1.807) is 0 Å². The Labute approximate surface area is 166 Å². The van der Waals surface area contributed by atoms with E-state index in [4.69, 9.17) is 32.7 Å². The Morgan fingerprint density at radius 1 is 0.920 bits per heavy atom. The number of hydrogen-bond donors (Lipinski definition) is 1. The molecule has 0 radical (unpaired) electrons. The number of hydrogen-bond acceptors (Lipinski definition) is 3. The van der Waals surface area contributed by atoms with Crippen molar-refractivity contribution in [1.82, 2.24) is 5.32 Å². The van der Waals surface area contributed by atoms with Gasteiger partial charge >= 0.3 is 0 Å². The quantitative estimate of drug-likeness (QED) is 0.556. The van der Waals surface area contributed by atoms with Crippen molar-refractivity contribution in [2.75, 3.05) is 19.8 Å². The molecule has 0 aliphatic carbocycles. The molecule has 3 nitrogen and oxygen atoms in total. The van der Waals surface area contributed by atoms with Gasteiger partial charge < -0.3 is 14.8 Å². The number of rotatable bonds is 9. The molecule has 0 amide bonds. The second-order valence-electron chi connectivity index (χ2n) is 5.32. The Hall–Kier alpha value is -1.13. The number of ether oxygens (including phenoxy) is 2. The second kappa shape index (κ2) is 11.5. The molecular formula is C19H24Cl3NO2. The average Bonchev–Trinajstić information content (AvgIpc) is 2.57. The Kier molecular flexibility index (Phi) is 10.1. The maximum Gasteiger partial charge on any atom is 0.179 e. The molecule has 138 valence electrons. The van der Waals surface area contributed by atoms with E-state index in [0.717, 1.165) is 30.1 Å². The van der Waals surface area contributed by atoms with E-state index in [1.165, 1.54) is 5.56 Å². The fraction of sp³-hybridized carbons (Fsp3) is 0.368. The molecule has 0 aromatic heterocycles. The van der Waals surface area contributed by atoms with Crippen LogP contribution in [-0.2, 0) is 13.0 Å². The van der Waals surface area contributed by atoms with Gasteiger partial charge in [0.15, 0.2) is 11.5 Å². The topological polar surface area (TPSA) is 30.5 Å². The zero-order valence-electron chi connectivity index (χ0n) is 14.5. The van der Waals surface area contributed by atoms with Crippen molar-refractivity contribution < 1.29 is 9.47 Å². The van der Waals surface area contributed by atoms with Crippen LogP contribution in [0.3, 0.4) is 0 Å². The lowest BCUT2D eigenvalue weighted by Crippen LogP contribution is -2.16. The summed E-state index contributed by atoms with van der Waals surface area (Å²) < 4.78 is 11.2. The number of nitrogens with one attached hydrogen (secondary N) is 1. The largest absolute Gasteiger partial charge is 0.490 e. The van der Waals surface area contributed by atoms with Crippen molar-refractivity contribution in [3.05, 3.63) is 57.6 Å². The number of benzene rings is 2. The molecule has 2 aromatic carbocycles. The van der Waals surface area contributed by atoms with Crippen LogP contribution in [0.5, 0.6) is 11.5 Å². The maximum absolute atomic E-state index is 6.33. The standard InChI is InChI=1S/C19H23Cl2NO2.ClH/c1-3-23-18-12-15(11-17(21)19(18)24-4-2)13-22-10-9-14-5-7-16(20)8-6-14;/h5-8,11-12,22H,3-4,9-10,13H2,1-2H3;1H. The molecule has 0 fully saturated rings. The summed E-state index contributed by atoms with van der Waals surface area (Å²) in [6.07, 6.45) is 0.945. The average molecular weight is 405 g/mol. The lowest BCUT2D eigenvalue weighted by Gasteiger charge is -2.14. The van der Waals surface area contributed by atoms with Gasteiger partial charge in [0, 0.05) is 11.6 Å². The lowest BCUT2D eigenvalue weighted by atomic mass is 10.1. The first-order valence-electron chi connectivity index (χ1n) is 8.17. The molecule has 1 N–H and O–H groups in total. The van der Waals surface area contributed by atoms with E-state index in [1.807, 2.05) is 50.2 Å². The summed E-state index contributed by atoms with van der Waals surface area (Å²) in [5.41, 5.74) is 2.33. The second-order valence-corrected chi connectivity index (χ2v) is 6.17. The Bertz CT molecular complexity index is 648. The Morgan fingerprint density at radius 3 is 2.24 bits per heavy atom. The predicted molar refractivity (Wildman–Crippen MR) is 108 cm³/mol. The van der Waals surface area contributed by atoms with Crippen LogP contribution in [0.2, 0.25) is 10.0 Å². The van der Waals surface area contributed by atoms with Gasteiger partial charge in [-0.15, -0.1) is 12.4 Å². The first-order chi connectivity index (χ1) is 11.6. The lowest BCUT2D eigenvalue weighted by molar-refractivity contribution is 0.287. The van der Waals surface area contributed by atoms with Gasteiger partial charge in [-0.25, -0.2) is 0 Å². The molecule has 0 atom stereocenters. The third-order valence-electron chi connectivity index (χ3n) is 3.49. The van der Waals surface area contributed by atoms with E-state index in [-0.39, 0.29) is 12.4 Å². The summed E-state index contributed by atoms with van der Waals surface area (Å²) in [6, 6.07) is 11.8. The molecule has 0 heterocycles. The molecule has 0 aliphatic heterocycles. The Morgan fingerprint density at radius 2 is 1.60 bits per heavy atom. The van der Waals surface area contributed by atoms with Crippen LogP contribution in [0.1, 0.15) is 25.0 Å². The molecule has 0 saturated carbocycles. The molecule has 2 rings (SSSR count). The molecule has 0 bridgehead atoms. The van der Waals surface area contributed by atoms with E-state index in [0.29, 0.717) is 29.7 Å². The van der Waals surface area contributed by atoms with Gasteiger partial charge in [0.1, 0.15) is 0 Å². The fourth-order valence-electron chi connectivity index (χ4n) is 2.39. The van der Waals surface area contributed by atoms with Crippen molar-refractivity contribution >= 4 is 35.6 Å².